The van der Waals surface area contributed by atoms with Crippen molar-refractivity contribution >= 4 is 67.3 Å². The molecule has 1 aliphatic heterocycles. The number of methoxy groups -OCH3 is 2. The third kappa shape index (κ3) is 9.90. The maximum absolute atomic E-state index is 14.0. The Kier molecular flexibility index (Phi) is 12.9. The number of hydrogen-bond acceptors (Lipinski definition) is 12. The minimum Gasteiger partial charge on any atom is -0.496 e. The number of anilines is 4. The molecule has 0 radical (unpaired) electrons. The van der Waals surface area contributed by atoms with E-state index in [9.17, 15) is 17.6 Å². The standard InChI is InChI=1S/C26H27F2N7O.C18H12BrF2N5O/c1-34-10-12-35(13-11-34)9-3-4-17-5-8-23(36-2)19(14-17)24-20-16-29-26(31-25(20)33-32-24)30-22-7-6-18(27)15-21(22)28;1-27-15-5-2-9(19)6-11(15)16-12-8-22-18(24-17(12)26-25-16)23-14-4-3-10(20)7-13(14)21/h3-8,14-16H,9-13H2,1-2H3,(H2,29,30,31,32,33);2-8H,1H3,(H2,22,23,24,25,26)/b4-3+;. The summed E-state index contributed by atoms with van der Waals surface area (Å²) >= 11 is 3.44. The summed E-state index contributed by atoms with van der Waals surface area (Å²) in [4.78, 5) is 21.9. The summed E-state index contributed by atoms with van der Waals surface area (Å²) in [6.07, 6.45) is 7.47. The van der Waals surface area contributed by atoms with Gasteiger partial charge in [-0.3, -0.25) is 15.1 Å². The Hall–Kier alpha value is -6.96. The summed E-state index contributed by atoms with van der Waals surface area (Å²) in [5.41, 5.74) is 5.02. The second-order valence-corrected chi connectivity index (χ2v) is 15.3. The number of rotatable bonds is 11. The molecule has 19 heteroatoms. The van der Waals surface area contributed by atoms with Crippen LogP contribution in [0.25, 0.3) is 50.7 Å². The lowest BCUT2D eigenvalue weighted by Crippen LogP contribution is -2.44. The Labute approximate surface area is 366 Å². The number of hydrogen-bond donors (Lipinski definition) is 4. The number of aromatic nitrogens is 8. The smallest absolute Gasteiger partial charge is 0.229 e. The predicted octanol–water partition coefficient (Wildman–Crippen LogP) is 9.12. The second-order valence-electron chi connectivity index (χ2n) is 14.4. The van der Waals surface area contributed by atoms with E-state index < -0.39 is 23.3 Å². The molecule has 0 amide bonds. The number of nitrogens with zero attached hydrogens (tertiary/aromatic N) is 8. The predicted molar refractivity (Wildman–Crippen MR) is 237 cm³/mol. The molecule has 0 saturated carbocycles. The van der Waals surface area contributed by atoms with E-state index in [2.05, 4.69) is 95.9 Å². The molecule has 0 atom stereocenters. The van der Waals surface area contributed by atoms with Gasteiger partial charge < -0.3 is 25.0 Å². The first-order chi connectivity index (χ1) is 30.5. The fraction of sp³-hybridized carbons (Fsp3) is 0.182. The number of H-pyrrole nitrogens is 2. The maximum Gasteiger partial charge on any atom is 0.229 e. The summed E-state index contributed by atoms with van der Waals surface area (Å²) in [7, 11) is 5.36. The van der Waals surface area contributed by atoms with Gasteiger partial charge in [0, 0.05) is 72.8 Å². The van der Waals surface area contributed by atoms with Gasteiger partial charge in [-0.25, -0.2) is 27.5 Å². The summed E-state index contributed by atoms with van der Waals surface area (Å²) in [6, 6.07) is 18.0. The molecule has 4 N–H and O–H groups in total. The van der Waals surface area contributed by atoms with Crippen molar-refractivity contribution in [3.8, 4) is 34.0 Å². The number of aromatic amines is 2. The van der Waals surface area contributed by atoms with E-state index in [1.807, 2.05) is 36.4 Å². The molecule has 5 heterocycles. The van der Waals surface area contributed by atoms with Crippen LogP contribution in [0.1, 0.15) is 5.56 Å². The van der Waals surface area contributed by atoms with Crippen molar-refractivity contribution in [1.29, 1.82) is 0 Å². The summed E-state index contributed by atoms with van der Waals surface area (Å²) in [5.74, 6) is -1.13. The third-order valence-corrected chi connectivity index (χ3v) is 10.7. The van der Waals surface area contributed by atoms with Gasteiger partial charge in [0.05, 0.1) is 47.8 Å². The van der Waals surface area contributed by atoms with Crippen LogP contribution in [0, 0.1) is 23.3 Å². The number of nitrogens with one attached hydrogen (secondary N) is 4. The van der Waals surface area contributed by atoms with Crippen LogP contribution in [-0.2, 0) is 0 Å². The first-order valence-electron chi connectivity index (χ1n) is 19.5. The van der Waals surface area contributed by atoms with Gasteiger partial charge in [0.2, 0.25) is 11.9 Å². The van der Waals surface area contributed by atoms with E-state index in [1.165, 1.54) is 12.1 Å². The molecule has 4 aromatic heterocycles. The number of halogens is 5. The Morgan fingerprint density at radius 3 is 1.73 bits per heavy atom. The Morgan fingerprint density at radius 2 is 1.21 bits per heavy atom. The fourth-order valence-electron chi connectivity index (χ4n) is 6.83. The van der Waals surface area contributed by atoms with E-state index in [-0.39, 0.29) is 23.3 Å². The molecule has 0 bridgehead atoms. The van der Waals surface area contributed by atoms with Gasteiger partial charge in [0.15, 0.2) is 11.3 Å². The molecular weight excluding hydrogens is 884 g/mol. The molecule has 322 valence electrons. The zero-order valence-electron chi connectivity index (χ0n) is 34.1. The van der Waals surface area contributed by atoms with E-state index in [0.717, 1.165) is 83.8 Å². The van der Waals surface area contributed by atoms with Crippen LogP contribution in [0.3, 0.4) is 0 Å². The normalized spacial score (nSPS) is 13.3. The van der Waals surface area contributed by atoms with Crippen LogP contribution >= 0.6 is 15.9 Å². The van der Waals surface area contributed by atoms with Crippen molar-refractivity contribution < 1.29 is 27.0 Å². The molecule has 1 fully saturated rings. The fourth-order valence-corrected chi connectivity index (χ4v) is 7.19. The van der Waals surface area contributed by atoms with Crippen molar-refractivity contribution in [2.24, 2.45) is 0 Å². The quantitative estimate of drug-likeness (QED) is 0.0914. The van der Waals surface area contributed by atoms with Gasteiger partial charge in [-0.1, -0.05) is 34.1 Å². The lowest BCUT2D eigenvalue weighted by atomic mass is 10.0. The molecule has 0 spiro atoms. The highest BCUT2D eigenvalue weighted by molar-refractivity contribution is 9.10. The van der Waals surface area contributed by atoms with Gasteiger partial charge in [-0.15, -0.1) is 0 Å². The first kappa shape index (κ1) is 42.7. The van der Waals surface area contributed by atoms with Crippen LogP contribution in [-0.4, -0.2) is 104 Å². The molecule has 0 unspecified atom stereocenters. The van der Waals surface area contributed by atoms with Gasteiger partial charge in [0.25, 0.3) is 0 Å². The van der Waals surface area contributed by atoms with E-state index >= 15 is 0 Å². The lowest BCUT2D eigenvalue weighted by molar-refractivity contribution is 0.167. The number of likely N-dealkylation sites (N-methyl/N-ethyl adjacent to an activating group) is 1. The molecule has 14 nitrogen and oxygen atoms in total. The van der Waals surface area contributed by atoms with Crippen LogP contribution < -0.4 is 20.1 Å². The zero-order valence-corrected chi connectivity index (χ0v) is 35.6. The Balaban J connectivity index is 0.000000180. The zero-order chi connectivity index (χ0) is 44.0. The largest absolute Gasteiger partial charge is 0.496 e. The van der Waals surface area contributed by atoms with Crippen molar-refractivity contribution in [2.75, 3.05) is 64.6 Å². The molecule has 9 rings (SSSR count). The van der Waals surface area contributed by atoms with Crippen molar-refractivity contribution in [3.63, 3.8) is 0 Å². The SMILES string of the molecule is COc1ccc(/C=C/CN2CCN(C)CC2)cc1-c1[nH]nc2nc(Nc3ccc(F)cc3F)ncc12.COc1ccc(Br)cc1-c1[nH]nc2nc(Nc3ccc(F)cc3F)ncc12. The van der Waals surface area contributed by atoms with Crippen LogP contribution in [0.2, 0.25) is 0 Å². The summed E-state index contributed by atoms with van der Waals surface area (Å²) < 4.78 is 65.9. The molecule has 1 saturated heterocycles. The molecule has 0 aliphatic carbocycles. The number of fused-ring (bicyclic) bond motifs is 2. The number of benzene rings is 4. The minimum atomic E-state index is -0.736. The van der Waals surface area contributed by atoms with Gasteiger partial charge in [-0.05, 0) is 67.2 Å². The average Bonchev–Trinajstić information content (AvgIpc) is 3.90. The topological polar surface area (TPSA) is 158 Å². The van der Waals surface area contributed by atoms with Crippen molar-refractivity contribution in [3.05, 3.63) is 125 Å². The average molecular weight is 924 g/mol. The van der Waals surface area contributed by atoms with Crippen molar-refractivity contribution in [2.45, 2.75) is 0 Å². The monoisotopic (exact) mass is 922 g/mol. The summed E-state index contributed by atoms with van der Waals surface area (Å²) in [5, 5.41) is 21.3. The van der Waals surface area contributed by atoms with E-state index in [1.54, 1.807) is 26.6 Å². The van der Waals surface area contributed by atoms with Gasteiger partial charge in [-0.2, -0.15) is 20.2 Å². The van der Waals surface area contributed by atoms with Gasteiger partial charge in [0.1, 0.15) is 34.8 Å². The van der Waals surface area contributed by atoms with Crippen LogP contribution in [0.15, 0.2) is 95.7 Å². The van der Waals surface area contributed by atoms with E-state index in [0.29, 0.717) is 39.3 Å². The Morgan fingerprint density at radius 1 is 0.683 bits per heavy atom. The Bertz CT molecular complexity index is 2940. The van der Waals surface area contributed by atoms with E-state index in [4.69, 9.17) is 9.47 Å². The second kappa shape index (κ2) is 19.0. The van der Waals surface area contributed by atoms with Gasteiger partial charge >= 0.3 is 0 Å². The molecule has 1 aliphatic rings. The van der Waals surface area contributed by atoms with Crippen molar-refractivity contribution in [1.82, 2.24) is 50.1 Å². The number of piperazine rings is 1. The molecule has 4 aromatic carbocycles. The maximum atomic E-state index is 14.0. The van der Waals surface area contributed by atoms with Crippen LogP contribution in [0.4, 0.5) is 40.8 Å². The molecule has 8 aromatic rings. The minimum absolute atomic E-state index is 0.0696. The highest BCUT2D eigenvalue weighted by atomic mass is 79.9. The lowest BCUT2D eigenvalue weighted by Gasteiger charge is -2.31. The summed E-state index contributed by atoms with van der Waals surface area (Å²) in [6.45, 7) is 5.22. The molecule has 63 heavy (non-hydrogen) atoms. The highest BCUT2D eigenvalue weighted by Crippen LogP contribution is 2.36. The molecular formula is C44H39BrF4N12O2. The van der Waals surface area contributed by atoms with Crippen LogP contribution in [0.5, 0.6) is 11.5 Å². The number of ether oxygens (including phenoxy) is 2. The highest BCUT2D eigenvalue weighted by Gasteiger charge is 2.18. The third-order valence-electron chi connectivity index (χ3n) is 10.2. The first-order valence-corrected chi connectivity index (χ1v) is 20.3.